The average Bonchev–Trinajstić information content (AvgIpc) is 2.88. The summed E-state index contributed by atoms with van der Waals surface area (Å²) in [4.78, 5) is 11.0. The number of halogens is 1. The van der Waals surface area contributed by atoms with Crippen molar-refractivity contribution in [3.05, 3.63) is 53.7 Å². The highest BCUT2D eigenvalue weighted by Crippen LogP contribution is 2.34. The average molecular weight is 544 g/mol. The Hall–Kier alpha value is -3.57. The summed E-state index contributed by atoms with van der Waals surface area (Å²) in [5.41, 5.74) is 2.01. The third-order valence-corrected chi connectivity index (χ3v) is 8.19. The van der Waals surface area contributed by atoms with Gasteiger partial charge in [-0.3, -0.25) is 5.01 Å². The van der Waals surface area contributed by atoms with Crippen LogP contribution in [0.2, 0.25) is 5.02 Å². The Bertz CT molecular complexity index is 1400. The van der Waals surface area contributed by atoms with Crippen LogP contribution in [0.3, 0.4) is 0 Å². The highest BCUT2D eigenvalue weighted by atomic mass is 35.5. The number of ether oxygens (including phenoxy) is 1. The molecular formula is C25H30ClN7O3S. The highest BCUT2D eigenvalue weighted by Gasteiger charge is 2.23. The Morgan fingerprint density at radius 1 is 1.11 bits per heavy atom. The van der Waals surface area contributed by atoms with Gasteiger partial charge < -0.3 is 20.3 Å². The molecule has 1 aliphatic heterocycles. The molecule has 0 bridgehead atoms. The summed E-state index contributed by atoms with van der Waals surface area (Å²) in [5, 5.41) is 12.1. The van der Waals surface area contributed by atoms with E-state index in [0.717, 1.165) is 18.8 Å². The summed E-state index contributed by atoms with van der Waals surface area (Å²) in [6, 6.07) is 12.5. The number of hydrogen-bond donors (Lipinski definition) is 2. The van der Waals surface area contributed by atoms with Crippen LogP contribution in [0.1, 0.15) is 20.8 Å². The van der Waals surface area contributed by atoms with Crippen molar-refractivity contribution in [2.24, 2.45) is 5.10 Å². The van der Waals surface area contributed by atoms with Gasteiger partial charge in [-0.2, -0.15) is 10.1 Å². The second-order valence-corrected chi connectivity index (χ2v) is 11.5. The van der Waals surface area contributed by atoms with E-state index in [1.165, 1.54) is 6.20 Å². The number of rotatable bonds is 9. The Kier molecular flexibility index (Phi) is 8.03. The lowest BCUT2D eigenvalue weighted by molar-refractivity contribution is 0.341. The minimum atomic E-state index is -3.52. The maximum atomic E-state index is 12.8. The Balaban J connectivity index is 1.61. The van der Waals surface area contributed by atoms with Crippen molar-refractivity contribution in [1.29, 1.82) is 0 Å². The predicted octanol–water partition coefficient (Wildman–Crippen LogP) is 4.89. The van der Waals surface area contributed by atoms with E-state index in [9.17, 15) is 8.42 Å². The monoisotopic (exact) mass is 543 g/mol. The van der Waals surface area contributed by atoms with Crippen molar-refractivity contribution in [2.75, 3.05) is 42.3 Å². The molecule has 3 aromatic rings. The molecule has 1 aliphatic rings. The molecule has 0 aliphatic carbocycles. The predicted molar refractivity (Wildman–Crippen MR) is 148 cm³/mol. The SMILES string of the molecule is CCOc1cc(N2C=NN(C)CC2)ccc1Nc1ncc(Cl)c(Nc2ccccc2S(=O)(=O)C(C)C)n1. The molecule has 37 heavy (non-hydrogen) atoms. The number of nitrogens with one attached hydrogen (secondary N) is 2. The van der Waals surface area contributed by atoms with Gasteiger partial charge in [-0.25, -0.2) is 13.4 Å². The van der Waals surface area contributed by atoms with Crippen LogP contribution < -0.4 is 20.3 Å². The molecule has 2 N–H and O–H groups in total. The Morgan fingerprint density at radius 3 is 2.59 bits per heavy atom. The van der Waals surface area contributed by atoms with Gasteiger partial charge in [0, 0.05) is 25.3 Å². The minimum absolute atomic E-state index is 0.177. The van der Waals surface area contributed by atoms with Crippen LogP contribution in [0.4, 0.5) is 28.8 Å². The molecule has 2 heterocycles. The first-order chi connectivity index (χ1) is 17.7. The maximum absolute atomic E-state index is 12.8. The fraction of sp³-hybridized carbons (Fsp3) is 0.320. The minimum Gasteiger partial charge on any atom is -0.492 e. The molecule has 1 aromatic heterocycles. The number of nitrogens with zero attached hydrogens (tertiary/aromatic N) is 5. The third-order valence-electron chi connectivity index (χ3n) is 5.71. The molecule has 0 unspecified atom stereocenters. The van der Waals surface area contributed by atoms with E-state index in [2.05, 4.69) is 30.6 Å². The summed E-state index contributed by atoms with van der Waals surface area (Å²) in [6.45, 7) is 7.30. The number of likely N-dealkylation sites (N-methyl/N-ethyl adjacent to an activating group) is 1. The summed E-state index contributed by atoms with van der Waals surface area (Å²) < 4.78 is 31.6. The third kappa shape index (κ3) is 6.05. The zero-order chi connectivity index (χ0) is 26.6. The van der Waals surface area contributed by atoms with E-state index >= 15 is 0 Å². The van der Waals surface area contributed by atoms with Crippen LogP contribution in [0.15, 0.2) is 58.7 Å². The van der Waals surface area contributed by atoms with Crippen LogP contribution in [0.5, 0.6) is 5.75 Å². The number of sulfone groups is 1. The first kappa shape index (κ1) is 26.5. The quantitative estimate of drug-likeness (QED) is 0.389. The van der Waals surface area contributed by atoms with Crippen LogP contribution in [-0.4, -0.2) is 61.7 Å². The topological polar surface area (TPSA) is 112 Å². The van der Waals surface area contributed by atoms with E-state index in [-0.39, 0.29) is 21.7 Å². The van der Waals surface area contributed by atoms with Gasteiger partial charge in [-0.05, 0) is 45.0 Å². The van der Waals surface area contributed by atoms with Crippen molar-refractivity contribution >= 4 is 56.6 Å². The van der Waals surface area contributed by atoms with Gasteiger partial charge in [0.25, 0.3) is 0 Å². The number of aromatic nitrogens is 2. The van der Waals surface area contributed by atoms with Crippen molar-refractivity contribution in [2.45, 2.75) is 30.9 Å². The Labute approximate surface area is 222 Å². The summed E-state index contributed by atoms with van der Waals surface area (Å²) in [5.74, 6) is 1.17. The zero-order valence-electron chi connectivity index (χ0n) is 21.1. The number of hydrazone groups is 1. The molecule has 0 saturated carbocycles. The van der Waals surface area contributed by atoms with Gasteiger partial charge >= 0.3 is 0 Å². The van der Waals surface area contributed by atoms with Gasteiger partial charge in [0.05, 0.1) is 40.9 Å². The summed E-state index contributed by atoms with van der Waals surface area (Å²) >= 11 is 6.37. The molecule has 0 spiro atoms. The van der Waals surface area contributed by atoms with E-state index in [4.69, 9.17) is 16.3 Å². The molecular weight excluding hydrogens is 514 g/mol. The van der Waals surface area contributed by atoms with Gasteiger partial charge in [-0.15, -0.1) is 0 Å². The second-order valence-electron chi connectivity index (χ2n) is 8.65. The Morgan fingerprint density at radius 2 is 1.89 bits per heavy atom. The number of para-hydroxylation sites is 1. The van der Waals surface area contributed by atoms with Crippen molar-refractivity contribution in [3.63, 3.8) is 0 Å². The normalized spacial score (nSPS) is 13.7. The van der Waals surface area contributed by atoms with Crippen LogP contribution in [-0.2, 0) is 9.84 Å². The van der Waals surface area contributed by atoms with Crippen LogP contribution >= 0.6 is 11.6 Å². The largest absolute Gasteiger partial charge is 0.492 e. The van der Waals surface area contributed by atoms with E-state index < -0.39 is 15.1 Å². The first-order valence-corrected chi connectivity index (χ1v) is 13.8. The van der Waals surface area contributed by atoms with Gasteiger partial charge in [-0.1, -0.05) is 23.7 Å². The zero-order valence-corrected chi connectivity index (χ0v) is 22.7. The van der Waals surface area contributed by atoms with Gasteiger partial charge in [0.1, 0.15) is 17.1 Å². The molecule has 0 saturated heterocycles. The van der Waals surface area contributed by atoms with Crippen molar-refractivity contribution < 1.29 is 13.2 Å². The second kappa shape index (κ2) is 11.2. The molecule has 4 rings (SSSR count). The smallest absolute Gasteiger partial charge is 0.229 e. The molecule has 12 heteroatoms. The lowest BCUT2D eigenvalue weighted by atomic mass is 10.2. The standard InChI is InChI=1S/C25H30ClN7O3S/c1-5-36-22-14-18(33-13-12-32(4)28-16-33)10-11-20(22)30-25-27-15-19(26)24(31-25)29-21-8-6-7-9-23(21)37(34,35)17(2)3/h6-11,14-17H,5,12-13H2,1-4H3,(H2,27,29,30,31). The molecule has 10 nitrogen and oxygen atoms in total. The van der Waals surface area contributed by atoms with Crippen molar-refractivity contribution in [3.8, 4) is 5.75 Å². The van der Waals surface area contributed by atoms with E-state index in [1.54, 1.807) is 44.5 Å². The fourth-order valence-corrected chi connectivity index (χ4v) is 4.96. The van der Waals surface area contributed by atoms with E-state index in [1.807, 2.05) is 37.2 Å². The molecule has 0 radical (unpaired) electrons. The van der Waals surface area contributed by atoms with Crippen LogP contribution in [0, 0.1) is 0 Å². The lowest BCUT2D eigenvalue weighted by Crippen LogP contribution is -2.35. The number of anilines is 5. The van der Waals surface area contributed by atoms with Crippen molar-refractivity contribution in [1.82, 2.24) is 15.0 Å². The van der Waals surface area contributed by atoms with Gasteiger partial charge in [0.2, 0.25) is 5.95 Å². The first-order valence-electron chi connectivity index (χ1n) is 11.9. The fourth-order valence-electron chi connectivity index (χ4n) is 3.62. The molecule has 2 aromatic carbocycles. The van der Waals surface area contributed by atoms with Gasteiger partial charge in [0.15, 0.2) is 15.7 Å². The summed E-state index contributed by atoms with van der Waals surface area (Å²) in [6.07, 6.45) is 3.24. The maximum Gasteiger partial charge on any atom is 0.229 e. The summed E-state index contributed by atoms with van der Waals surface area (Å²) in [7, 11) is -1.59. The number of hydrogen-bond acceptors (Lipinski definition) is 10. The lowest BCUT2D eigenvalue weighted by Gasteiger charge is -2.28. The molecule has 0 amide bonds. The molecule has 0 fully saturated rings. The highest BCUT2D eigenvalue weighted by molar-refractivity contribution is 7.92. The molecule has 196 valence electrons. The van der Waals surface area contributed by atoms with Crippen LogP contribution in [0.25, 0.3) is 0 Å². The molecule has 0 atom stereocenters. The number of benzene rings is 2. The van der Waals surface area contributed by atoms with E-state index in [0.29, 0.717) is 23.7 Å².